The Labute approximate surface area is 194 Å². The van der Waals surface area contributed by atoms with Gasteiger partial charge in [-0.3, -0.25) is 9.47 Å². The molecule has 0 saturated carbocycles. The Morgan fingerprint density at radius 2 is 1.79 bits per heavy atom. The van der Waals surface area contributed by atoms with Crippen molar-refractivity contribution in [1.29, 1.82) is 0 Å². The normalized spacial score (nSPS) is 15.9. The maximum Gasteiger partial charge on any atom is 0.419 e. The number of sulfonamides is 1. The van der Waals surface area contributed by atoms with Crippen LogP contribution in [0.1, 0.15) is 5.89 Å². The van der Waals surface area contributed by atoms with Gasteiger partial charge in [-0.25, -0.2) is 13.2 Å². The molecule has 33 heavy (non-hydrogen) atoms. The first-order valence-electron chi connectivity index (χ1n) is 10.2. The van der Waals surface area contributed by atoms with Gasteiger partial charge in [-0.05, 0) is 36.4 Å². The molecule has 3 heterocycles. The van der Waals surface area contributed by atoms with E-state index in [2.05, 4.69) is 15.0 Å². The third-order valence-corrected chi connectivity index (χ3v) is 7.81. The second kappa shape index (κ2) is 8.41. The fraction of sp³-hybridized carbons (Fsp3) is 0.286. The minimum atomic E-state index is -3.72. The molecule has 1 fully saturated rings. The van der Waals surface area contributed by atoms with Crippen molar-refractivity contribution in [2.45, 2.75) is 11.4 Å². The number of rotatable bonds is 5. The molecule has 12 heteroatoms. The van der Waals surface area contributed by atoms with Crippen LogP contribution in [0.4, 0.5) is 0 Å². The Balaban J connectivity index is 1.24. The Bertz CT molecular complexity index is 1470. The standard InChI is InChI=1S/C21H20ClN5O5S/c1-25-17-7-6-16(12-18(17)31-21(25)28)33(29,30)27-10-8-26(9-11-27)13-19-23-20(24-32-19)14-2-4-15(22)5-3-14/h2-7,12H,8-11,13H2,1H3. The summed E-state index contributed by atoms with van der Waals surface area (Å²) in [5.74, 6) is 0.403. The highest BCUT2D eigenvalue weighted by Gasteiger charge is 2.29. The van der Waals surface area contributed by atoms with E-state index in [1.54, 1.807) is 25.2 Å². The van der Waals surface area contributed by atoms with Crippen LogP contribution in [0.5, 0.6) is 0 Å². The van der Waals surface area contributed by atoms with Crippen molar-refractivity contribution in [1.82, 2.24) is 23.9 Å². The number of nitrogens with zero attached hydrogens (tertiary/aromatic N) is 5. The molecule has 0 aliphatic carbocycles. The van der Waals surface area contributed by atoms with Gasteiger partial charge in [0.1, 0.15) is 0 Å². The summed E-state index contributed by atoms with van der Waals surface area (Å²) in [5, 5.41) is 4.64. The molecule has 0 unspecified atom stereocenters. The lowest BCUT2D eigenvalue weighted by atomic mass is 10.2. The molecule has 172 valence electrons. The van der Waals surface area contributed by atoms with Gasteiger partial charge in [-0.1, -0.05) is 16.8 Å². The van der Waals surface area contributed by atoms with E-state index >= 15 is 0 Å². The maximum atomic E-state index is 13.1. The van der Waals surface area contributed by atoms with Gasteiger partial charge in [0.25, 0.3) is 0 Å². The van der Waals surface area contributed by atoms with E-state index in [9.17, 15) is 13.2 Å². The van der Waals surface area contributed by atoms with Gasteiger partial charge in [0.2, 0.25) is 21.7 Å². The molecular formula is C21H20ClN5O5S. The van der Waals surface area contributed by atoms with E-state index in [-0.39, 0.29) is 10.5 Å². The number of hydrogen-bond acceptors (Lipinski definition) is 8. The van der Waals surface area contributed by atoms with Crippen LogP contribution in [-0.4, -0.2) is 58.5 Å². The van der Waals surface area contributed by atoms with Gasteiger partial charge in [0.15, 0.2) is 5.58 Å². The second-order valence-electron chi connectivity index (χ2n) is 7.76. The van der Waals surface area contributed by atoms with Gasteiger partial charge < -0.3 is 8.94 Å². The Morgan fingerprint density at radius 3 is 2.52 bits per heavy atom. The fourth-order valence-electron chi connectivity index (χ4n) is 3.78. The summed E-state index contributed by atoms with van der Waals surface area (Å²) in [4.78, 5) is 18.3. The lowest BCUT2D eigenvalue weighted by Crippen LogP contribution is -2.48. The van der Waals surface area contributed by atoms with Crippen LogP contribution in [0.25, 0.3) is 22.5 Å². The molecule has 1 aliphatic heterocycles. The average Bonchev–Trinajstić information content (AvgIpc) is 3.38. The van der Waals surface area contributed by atoms with Crippen molar-refractivity contribution in [3.05, 3.63) is 63.9 Å². The smallest absolute Gasteiger partial charge is 0.408 e. The van der Waals surface area contributed by atoms with Gasteiger partial charge in [0.05, 0.1) is 17.0 Å². The number of fused-ring (bicyclic) bond motifs is 1. The largest absolute Gasteiger partial charge is 0.419 e. The minimum Gasteiger partial charge on any atom is -0.408 e. The van der Waals surface area contributed by atoms with Crippen LogP contribution in [0.15, 0.2) is 61.1 Å². The summed E-state index contributed by atoms with van der Waals surface area (Å²) >= 11 is 5.91. The number of benzene rings is 2. The van der Waals surface area contributed by atoms with E-state index in [0.29, 0.717) is 55.0 Å². The highest BCUT2D eigenvalue weighted by Crippen LogP contribution is 2.23. The van der Waals surface area contributed by atoms with Crippen LogP contribution in [0.2, 0.25) is 5.02 Å². The highest BCUT2D eigenvalue weighted by molar-refractivity contribution is 7.89. The third kappa shape index (κ3) is 4.20. The molecule has 0 spiro atoms. The predicted molar refractivity (Wildman–Crippen MR) is 120 cm³/mol. The first-order chi connectivity index (χ1) is 15.8. The Kier molecular flexibility index (Phi) is 5.57. The molecular weight excluding hydrogens is 470 g/mol. The molecule has 4 aromatic rings. The first kappa shape index (κ1) is 21.8. The summed E-state index contributed by atoms with van der Waals surface area (Å²) < 4.78 is 39.5. The lowest BCUT2D eigenvalue weighted by Gasteiger charge is -2.33. The molecule has 1 saturated heterocycles. The van der Waals surface area contributed by atoms with E-state index in [4.69, 9.17) is 20.5 Å². The van der Waals surface area contributed by atoms with Crippen LogP contribution < -0.4 is 5.76 Å². The first-order valence-corrected chi connectivity index (χ1v) is 12.0. The van der Waals surface area contributed by atoms with Crippen molar-refractivity contribution < 1.29 is 17.4 Å². The fourth-order valence-corrected chi connectivity index (χ4v) is 5.34. The highest BCUT2D eigenvalue weighted by atomic mass is 35.5. The Hall–Kier alpha value is -2.99. The van der Waals surface area contributed by atoms with Crippen molar-refractivity contribution in [3.8, 4) is 11.4 Å². The zero-order valence-corrected chi connectivity index (χ0v) is 19.2. The zero-order chi connectivity index (χ0) is 23.2. The molecule has 5 rings (SSSR count). The quantitative estimate of drug-likeness (QED) is 0.419. The lowest BCUT2D eigenvalue weighted by molar-refractivity contribution is 0.163. The third-order valence-electron chi connectivity index (χ3n) is 5.66. The van der Waals surface area contributed by atoms with Crippen LogP contribution >= 0.6 is 11.6 Å². The van der Waals surface area contributed by atoms with Gasteiger partial charge in [-0.15, -0.1) is 0 Å². The molecule has 0 atom stereocenters. The molecule has 0 radical (unpaired) electrons. The number of halogens is 1. The summed E-state index contributed by atoms with van der Waals surface area (Å²) in [5.41, 5.74) is 1.59. The number of piperazine rings is 1. The topological polar surface area (TPSA) is 115 Å². The van der Waals surface area contributed by atoms with E-state index in [0.717, 1.165) is 5.56 Å². The minimum absolute atomic E-state index is 0.0994. The summed E-state index contributed by atoms with van der Waals surface area (Å²) in [6.45, 7) is 2.09. The van der Waals surface area contributed by atoms with Gasteiger partial charge in [-0.2, -0.15) is 9.29 Å². The summed E-state index contributed by atoms with van der Waals surface area (Å²) in [6, 6.07) is 11.6. The second-order valence-corrected chi connectivity index (χ2v) is 10.1. The van der Waals surface area contributed by atoms with Gasteiger partial charge in [0, 0.05) is 49.9 Å². The monoisotopic (exact) mass is 489 g/mol. The molecule has 10 nitrogen and oxygen atoms in total. The van der Waals surface area contributed by atoms with Crippen LogP contribution in [0, 0.1) is 0 Å². The molecule has 0 bridgehead atoms. The van der Waals surface area contributed by atoms with E-state index < -0.39 is 15.8 Å². The Morgan fingerprint density at radius 1 is 1.06 bits per heavy atom. The zero-order valence-electron chi connectivity index (χ0n) is 17.6. The average molecular weight is 490 g/mol. The molecule has 0 amide bonds. The summed E-state index contributed by atoms with van der Waals surface area (Å²) in [7, 11) is -2.14. The van der Waals surface area contributed by atoms with Crippen molar-refractivity contribution in [2.75, 3.05) is 26.2 Å². The summed E-state index contributed by atoms with van der Waals surface area (Å²) in [6.07, 6.45) is 0. The number of hydrogen-bond donors (Lipinski definition) is 0. The van der Waals surface area contributed by atoms with E-state index in [1.807, 2.05) is 12.1 Å². The van der Waals surface area contributed by atoms with Crippen LogP contribution in [0.3, 0.4) is 0 Å². The van der Waals surface area contributed by atoms with Gasteiger partial charge >= 0.3 is 5.76 Å². The van der Waals surface area contributed by atoms with Crippen molar-refractivity contribution >= 4 is 32.7 Å². The number of oxazole rings is 1. The molecule has 2 aromatic carbocycles. The SMILES string of the molecule is Cn1c(=O)oc2cc(S(=O)(=O)N3CCN(Cc4nc(-c5ccc(Cl)cc5)no4)CC3)ccc21. The number of aryl methyl sites for hydroxylation is 1. The van der Waals surface area contributed by atoms with Crippen molar-refractivity contribution in [3.63, 3.8) is 0 Å². The predicted octanol–water partition coefficient (Wildman–Crippen LogP) is 2.34. The number of aromatic nitrogens is 3. The van der Waals surface area contributed by atoms with Crippen LogP contribution in [-0.2, 0) is 23.6 Å². The molecule has 2 aromatic heterocycles. The van der Waals surface area contributed by atoms with Crippen molar-refractivity contribution in [2.24, 2.45) is 7.05 Å². The van der Waals surface area contributed by atoms with E-state index in [1.165, 1.54) is 21.0 Å². The molecule has 0 N–H and O–H groups in total. The molecule has 1 aliphatic rings. The maximum absolute atomic E-state index is 13.1.